The normalized spacial score (nSPS) is 15.5. The van der Waals surface area contributed by atoms with Gasteiger partial charge in [0.2, 0.25) is 11.8 Å². The Morgan fingerprint density at radius 2 is 1.64 bits per heavy atom. The molecule has 0 unspecified atom stereocenters. The van der Waals surface area contributed by atoms with Crippen molar-refractivity contribution >= 4 is 24.2 Å². The fourth-order valence-corrected chi connectivity index (χ4v) is 2.67. The summed E-state index contributed by atoms with van der Waals surface area (Å²) in [4.78, 5) is 24.6. The molecule has 1 fully saturated rings. The van der Waals surface area contributed by atoms with Crippen LogP contribution >= 0.6 is 12.4 Å². The third-order valence-corrected chi connectivity index (χ3v) is 4.03. The number of amides is 2. The van der Waals surface area contributed by atoms with E-state index >= 15 is 0 Å². The highest BCUT2D eigenvalue weighted by Gasteiger charge is 2.11. The van der Waals surface area contributed by atoms with Crippen LogP contribution in [0.5, 0.6) is 0 Å². The molecule has 0 aromatic rings. The standard InChI is InChI=1S/C16H31N3O2.ClH/c1-19(2)16(21)11-7-10-15(20)18-13-12-17-14-8-5-3-4-6-9-14;/h14,17H,3-13H2,1-2H3,(H,18,20);1H. The topological polar surface area (TPSA) is 61.4 Å². The summed E-state index contributed by atoms with van der Waals surface area (Å²) in [7, 11) is 3.48. The van der Waals surface area contributed by atoms with Crippen molar-refractivity contribution in [1.29, 1.82) is 0 Å². The second-order valence-electron chi connectivity index (χ2n) is 6.13. The van der Waals surface area contributed by atoms with E-state index in [1.165, 1.54) is 38.5 Å². The second-order valence-corrected chi connectivity index (χ2v) is 6.13. The van der Waals surface area contributed by atoms with Crippen molar-refractivity contribution in [2.75, 3.05) is 27.2 Å². The van der Waals surface area contributed by atoms with Crippen LogP contribution in [-0.2, 0) is 9.59 Å². The van der Waals surface area contributed by atoms with E-state index in [0.29, 0.717) is 31.8 Å². The Hall–Kier alpha value is -0.810. The van der Waals surface area contributed by atoms with E-state index in [-0.39, 0.29) is 24.2 Å². The molecular weight excluding hydrogens is 302 g/mol. The summed E-state index contributed by atoms with van der Waals surface area (Å²) in [5, 5.41) is 6.45. The maximum atomic E-state index is 11.6. The van der Waals surface area contributed by atoms with E-state index in [1.807, 2.05) is 0 Å². The number of hydrogen-bond donors (Lipinski definition) is 2. The molecule has 1 saturated carbocycles. The van der Waals surface area contributed by atoms with Crippen molar-refractivity contribution in [2.45, 2.75) is 63.8 Å². The number of rotatable bonds is 8. The lowest BCUT2D eigenvalue weighted by atomic mass is 10.1. The van der Waals surface area contributed by atoms with E-state index in [2.05, 4.69) is 10.6 Å². The fraction of sp³-hybridized carbons (Fsp3) is 0.875. The van der Waals surface area contributed by atoms with Gasteiger partial charge in [-0.1, -0.05) is 25.7 Å². The molecule has 0 saturated heterocycles. The lowest BCUT2D eigenvalue weighted by Gasteiger charge is -2.16. The van der Waals surface area contributed by atoms with Gasteiger partial charge < -0.3 is 15.5 Å². The molecule has 1 aliphatic rings. The van der Waals surface area contributed by atoms with Crippen LogP contribution in [0.1, 0.15) is 57.8 Å². The highest BCUT2D eigenvalue weighted by Crippen LogP contribution is 2.16. The number of hydrogen-bond acceptors (Lipinski definition) is 3. The van der Waals surface area contributed by atoms with Crippen molar-refractivity contribution in [2.24, 2.45) is 0 Å². The molecule has 0 aliphatic heterocycles. The fourth-order valence-electron chi connectivity index (χ4n) is 2.67. The van der Waals surface area contributed by atoms with Crippen molar-refractivity contribution < 1.29 is 9.59 Å². The zero-order chi connectivity index (χ0) is 15.5. The van der Waals surface area contributed by atoms with Crippen LogP contribution in [-0.4, -0.2) is 49.9 Å². The summed E-state index contributed by atoms with van der Waals surface area (Å²) >= 11 is 0. The molecule has 0 heterocycles. The summed E-state index contributed by atoms with van der Waals surface area (Å²) in [6.07, 6.45) is 9.40. The molecular formula is C16H32ClN3O2. The van der Waals surface area contributed by atoms with Gasteiger partial charge in [-0.05, 0) is 19.3 Å². The number of nitrogens with one attached hydrogen (secondary N) is 2. The smallest absolute Gasteiger partial charge is 0.222 e. The number of carbonyl (C=O) groups is 2. The van der Waals surface area contributed by atoms with Crippen LogP contribution in [0.2, 0.25) is 0 Å². The Bertz CT molecular complexity index is 317. The molecule has 0 aromatic carbocycles. The summed E-state index contributed by atoms with van der Waals surface area (Å²) in [6.45, 7) is 1.52. The van der Waals surface area contributed by atoms with Gasteiger partial charge in [-0.25, -0.2) is 0 Å². The Kier molecular flexibility index (Phi) is 12.2. The van der Waals surface area contributed by atoms with Crippen LogP contribution < -0.4 is 10.6 Å². The van der Waals surface area contributed by atoms with Crippen LogP contribution in [0.4, 0.5) is 0 Å². The number of nitrogens with zero attached hydrogens (tertiary/aromatic N) is 1. The molecule has 5 nitrogen and oxygen atoms in total. The van der Waals surface area contributed by atoms with Crippen molar-refractivity contribution in [3.05, 3.63) is 0 Å². The van der Waals surface area contributed by atoms with Crippen LogP contribution in [0.3, 0.4) is 0 Å². The first kappa shape index (κ1) is 21.2. The second kappa shape index (κ2) is 12.7. The maximum Gasteiger partial charge on any atom is 0.222 e. The van der Waals surface area contributed by atoms with Gasteiger partial charge in [-0.2, -0.15) is 0 Å². The zero-order valence-corrected chi connectivity index (χ0v) is 14.8. The molecule has 2 N–H and O–H groups in total. The predicted molar refractivity (Wildman–Crippen MR) is 92.3 cm³/mol. The molecule has 22 heavy (non-hydrogen) atoms. The lowest BCUT2D eigenvalue weighted by Crippen LogP contribution is -2.36. The summed E-state index contributed by atoms with van der Waals surface area (Å²) < 4.78 is 0. The molecule has 6 heteroatoms. The van der Waals surface area contributed by atoms with Crippen LogP contribution in [0.15, 0.2) is 0 Å². The lowest BCUT2D eigenvalue weighted by molar-refractivity contribution is -0.128. The van der Waals surface area contributed by atoms with Crippen molar-refractivity contribution in [3.63, 3.8) is 0 Å². The predicted octanol–water partition coefficient (Wildman–Crippen LogP) is 2.10. The van der Waals surface area contributed by atoms with Crippen molar-refractivity contribution in [3.8, 4) is 0 Å². The SMILES string of the molecule is CN(C)C(=O)CCCC(=O)NCCNC1CCCCCC1.Cl. The van der Waals surface area contributed by atoms with E-state index in [9.17, 15) is 9.59 Å². The maximum absolute atomic E-state index is 11.6. The molecule has 0 aromatic heterocycles. The highest BCUT2D eigenvalue weighted by atomic mass is 35.5. The van der Waals surface area contributed by atoms with Crippen LogP contribution in [0.25, 0.3) is 0 Å². The molecule has 130 valence electrons. The Morgan fingerprint density at radius 1 is 1.00 bits per heavy atom. The van der Waals surface area contributed by atoms with Gasteiger partial charge in [0.1, 0.15) is 0 Å². The minimum absolute atomic E-state index is 0. The molecule has 0 spiro atoms. The van der Waals surface area contributed by atoms with Gasteiger partial charge in [-0.3, -0.25) is 9.59 Å². The summed E-state index contributed by atoms with van der Waals surface area (Å²) in [5.41, 5.74) is 0. The molecule has 0 radical (unpaired) electrons. The first-order valence-electron chi connectivity index (χ1n) is 8.30. The summed E-state index contributed by atoms with van der Waals surface area (Å²) in [6, 6.07) is 0.627. The van der Waals surface area contributed by atoms with E-state index in [0.717, 1.165) is 6.54 Å². The van der Waals surface area contributed by atoms with Gasteiger partial charge in [0.15, 0.2) is 0 Å². The van der Waals surface area contributed by atoms with E-state index in [1.54, 1.807) is 19.0 Å². The zero-order valence-electron chi connectivity index (χ0n) is 14.0. The minimum Gasteiger partial charge on any atom is -0.355 e. The Labute approximate surface area is 141 Å². The first-order chi connectivity index (χ1) is 10.1. The van der Waals surface area contributed by atoms with Gasteiger partial charge in [0.25, 0.3) is 0 Å². The van der Waals surface area contributed by atoms with Crippen LogP contribution in [0, 0.1) is 0 Å². The minimum atomic E-state index is 0. The van der Waals surface area contributed by atoms with Crippen molar-refractivity contribution in [1.82, 2.24) is 15.5 Å². The van der Waals surface area contributed by atoms with E-state index in [4.69, 9.17) is 0 Å². The van der Waals surface area contributed by atoms with Gasteiger partial charge in [0.05, 0.1) is 0 Å². The summed E-state index contributed by atoms with van der Waals surface area (Å²) in [5.74, 6) is 0.127. The third-order valence-electron chi connectivity index (χ3n) is 4.03. The molecule has 0 bridgehead atoms. The molecule has 1 aliphatic carbocycles. The quantitative estimate of drug-likeness (QED) is 0.528. The number of carbonyl (C=O) groups excluding carboxylic acids is 2. The average molecular weight is 334 g/mol. The van der Waals surface area contributed by atoms with Gasteiger partial charge in [-0.15, -0.1) is 12.4 Å². The molecule has 0 atom stereocenters. The Morgan fingerprint density at radius 3 is 2.23 bits per heavy atom. The monoisotopic (exact) mass is 333 g/mol. The van der Waals surface area contributed by atoms with Gasteiger partial charge >= 0.3 is 0 Å². The van der Waals surface area contributed by atoms with E-state index < -0.39 is 0 Å². The molecule has 2 amide bonds. The molecule has 1 rings (SSSR count). The van der Waals surface area contributed by atoms with Gasteiger partial charge in [0, 0.05) is 46.1 Å². The highest BCUT2D eigenvalue weighted by molar-refractivity contribution is 5.85. The average Bonchev–Trinajstić information content (AvgIpc) is 2.72. The number of halogens is 1. The first-order valence-corrected chi connectivity index (χ1v) is 8.30. The third kappa shape index (κ3) is 10.0. The largest absolute Gasteiger partial charge is 0.355 e. The Balaban J connectivity index is 0.00000441.